The summed E-state index contributed by atoms with van der Waals surface area (Å²) in [6.07, 6.45) is 3.23. The number of rotatable bonds is 2. The molecule has 3 rings (SSSR count). The van der Waals surface area contributed by atoms with Crippen molar-refractivity contribution in [2.75, 3.05) is 13.2 Å². The van der Waals surface area contributed by atoms with Crippen LogP contribution in [0.1, 0.15) is 30.9 Å². The van der Waals surface area contributed by atoms with Crippen molar-refractivity contribution < 1.29 is 9.53 Å². The molecule has 0 aromatic heterocycles. The topological polar surface area (TPSA) is 50.4 Å². The minimum absolute atomic E-state index is 0.00238. The molecule has 0 aliphatic carbocycles. The van der Waals surface area contributed by atoms with Crippen molar-refractivity contribution in [1.82, 2.24) is 10.6 Å². The van der Waals surface area contributed by atoms with Crippen molar-refractivity contribution in [3.05, 3.63) is 29.8 Å². The molecule has 0 saturated carbocycles. The Bertz CT molecular complexity index is 441. The van der Waals surface area contributed by atoms with Gasteiger partial charge in [-0.1, -0.05) is 24.6 Å². The lowest BCUT2D eigenvalue weighted by atomic mass is 10.0. The standard InChI is InChI=1S/C14H18N2O2/c17-14(11-6-3-4-8-15-11)16-12-9-18-13-7-2-1-5-10(12)13/h1-2,5,7,11-12,15H,3-4,6,8-9H2,(H,16,17). The van der Waals surface area contributed by atoms with E-state index in [1.807, 2.05) is 24.3 Å². The first kappa shape index (κ1) is 11.5. The van der Waals surface area contributed by atoms with E-state index in [2.05, 4.69) is 10.6 Å². The highest BCUT2D eigenvalue weighted by molar-refractivity contribution is 5.82. The van der Waals surface area contributed by atoms with Crippen molar-refractivity contribution in [2.24, 2.45) is 0 Å². The second-order valence-electron chi connectivity index (χ2n) is 4.91. The van der Waals surface area contributed by atoms with E-state index in [9.17, 15) is 4.79 Å². The third-order valence-electron chi connectivity index (χ3n) is 3.64. The summed E-state index contributed by atoms with van der Waals surface area (Å²) >= 11 is 0. The molecule has 4 heteroatoms. The van der Waals surface area contributed by atoms with Crippen LogP contribution in [0.3, 0.4) is 0 Å². The average molecular weight is 246 g/mol. The quantitative estimate of drug-likeness (QED) is 0.829. The van der Waals surface area contributed by atoms with Gasteiger partial charge in [-0.25, -0.2) is 0 Å². The monoisotopic (exact) mass is 246 g/mol. The van der Waals surface area contributed by atoms with E-state index in [4.69, 9.17) is 4.74 Å². The normalized spacial score (nSPS) is 26.2. The van der Waals surface area contributed by atoms with Gasteiger partial charge in [0.05, 0.1) is 12.1 Å². The summed E-state index contributed by atoms with van der Waals surface area (Å²) in [5.41, 5.74) is 1.08. The largest absolute Gasteiger partial charge is 0.491 e. The van der Waals surface area contributed by atoms with Crippen molar-refractivity contribution in [2.45, 2.75) is 31.3 Å². The summed E-state index contributed by atoms with van der Waals surface area (Å²) in [6.45, 7) is 1.48. The number of hydrogen-bond donors (Lipinski definition) is 2. The Morgan fingerprint density at radius 2 is 2.22 bits per heavy atom. The molecule has 4 nitrogen and oxygen atoms in total. The van der Waals surface area contributed by atoms with E-state index in [0.29, 0.717) is 6.61 Å². The summed E-state index contributed by atoms with van der Waals surface area (Å²) in [5.74, 6) is 0.986. The van der Waals surface area contributed by atoms with Crippen LogP contribution in [0.15, 0.2) is 24.3 Å². The van der Waals surface area contributed by atoms with Crippen LogP contribution >= 0.6 is 0 Å². The molecule has 1 fully saturated rings. The second kappa shape index (κ2) is 4.98. The Morgan fingerprint density at radius 3 is 3.06 bits per heavy atom. The van der Waals surface area contributed by atoms with Gasteiger partial charge in [-0.15, -0.1) is 0 Å². The maximum atomic E-state index is 12.1. The number of benzene rings is 1. The Morgan fingerprint density at radius 1 is 1.33 bits per heavy atom. The zero-order valence-electron chi connectivity index (χ0n) is 10.3. The molecule has 2 aliphatic heterocycles. The number of para-hydroxylation sites is 1. The molecule has 1 aromatic carbocycles. The van der Waals surface area contributed by atoms with Crippen molar-refractivity contribution in [3.8, 4) is 5.75 Å². The number of ether oxygens (including phenoxy) is 1. The van der Waals surface area contributed by atoms with Gasteiger partial charge in [-0.3, -0.25) is 4.79 Å². The molecule has 0 radical (unpaired) electrons. The zero-order valence-corrected chi connectivity index (χ0v) is 10.3. The van der Waals surface area contributed by atoms with Crippen molar-refractivity contribution >= 4 is 5.91 Å². The predicted molar refractivity (Wildman–Crippen MR) is 68.5 cm³/mol. The number of amides is 1. The number of carbonyl (C=O) groups is 1. The van der Waals surface area contributed by atoms with Gasteiger partial charge in [-0.2, -0.15) is 0 Å². The molecule has 96 valence electrons. The minimum atomic E-state index is -0.0356. The molecule has 1 aromatic rings. The lowest BCUT2D eigenvalue weighted by molar-refractivity contribution is -0.124. The van der Waals surface area contributed by atoms with Crippen LogP contribution in [0.4, 0.5) is 0 Å². The van der Waals surface area contributed by atoms with Gasteiger partial charge in [0.1, 0.15) is 12.4 Å². The Labute approximate surface area is 107 Å². The van der Waals surface area contributed by atoms with Crippen LogP contribution in [-0.4, -0.2) is 25.1 Å². The predicted octanol–water partition coefficient (Wildman–Crippen LogP) is 1.38. The highest BCUT2D eigenvalue weighted by Crippen LogP contribution is 2.31. The number of nitrogens with one attached hydrogen (secondary N) is 2. The smallest absolute Gasteiger partial charge is 0.237 e. The highest BCUT2D eigenvalue weighted by Gasteiger charge is 2.28. The Kier molecular flexibility index (Phi) is 3.19. The maximum absolute atomic E-state index is 12.1. The number of fused-ring (bicyclic) bond motifs is 1. The van der Waals surface area contributed by atoms with E-state index in [0.717, 1.165) is 30.7 Å². The maximum Gasteiger partial charge on any atom is 0.237 e. The number of hydrogen-bond acceptors (Lipinski definition) is 3. The summed E-state index contributed by atoms with van der Waals surface area (Å²) in [5, 5.41) is 6.34. The van der Waals surface area contributed by atoms with Crippen LogP contribution in [0.2, 0.25) is 0 Å². The molecule has 0 bridgehead atoms. The van der Waals surface area contributed by atoms with Crippen molar-refractivity contribution in [3.63, 3.8) is 0 Å². The summed E-state index contributed by atoms with van der Waals surface area (Å²) < 4.78 is 5.56. The first-order valence-corrected chi connectivity index (χ1v) is 6.60. The van der Waals surface area contributed by atoms with Gasteiger partial charge < -0.3 is 15.4 Å². The lowest BCUT2D eigenvalue weighted by Gasteiger charge is -2.24. The van der Waals surface area contributed by atoms with E-state index >= 15 is 0 Å². The molecule has 1 amide bonds. The van der Waals surface area contributed by atoms with E-state index in [1.54, 1.807) is 0 Å². The van der Waals surface area contributed by atoms with Gasteiger partial charge >= 0.3 is 0 Å². The van der Waals surface area contributed by atoms with E-state index < -0.39 is 0 Å². The molecular weight excluding hydrogens is 228 g/mol. The average Bonchev–Trinajstić information content (AvgIpc) is 2.83. The van der Waals surface area contributed by atoms with Crippen LogP contribution in [-0.2, 0) is 4.79 Å². The van der Waals surface area contributed by atoms with Crippen LogP contribution in [0, 0.1) is 0 Å². The molecule has 2 N–H and O–H groups in total. The van der Waals surface area contributed by atoms with Crippen LogP contribution in [0.25, 0.3) is 0 Å². The molecule has 2 atom stereocenters. The number of carbonyl (C=O) groups excluding carboxylic acids is 1. The SMILES string of the molecule is O=C(NC1COc2ccccc21)C1CCCCN1. The molecule has 1 saturated heterocycles. The fraction of sp³-hybridized carbons (Fsp3) is 0.500. The Hall–Kier alpha value is -1.55. The minimum Gasteiger partial charge on any atom is -0.491 e. The third-order valence-corrected chi connectivity index (χ3v) is 3.64. The van der Waals surface area contributed by atoms with Gasteiger partial charge in [-0.05, 0) is 25.5 Å². The van der Waals surface area contributed by atoms with Crippen molar-refractivity contribution in [1.29, 1.82) is 0 Å². The fourth-order valence-electron chi connectivity index (χ4n) is 2.63. The Balaban J connectivity index is 1.65. The molecule has 2 heterocycles. The summed E-state index contributed by atoms with van der Waals surface area (Å²) in [7, 11) is 0. The van der Waals surface area contributed by atoms with Gasteiger partial charge in [0.2, 0.25) is 5.91 Å². The first-order valence-electron chi connectivity index (χ1n) is 6.60. The van der Waals surface area contributed by atoms with Crippen LogP contribution in [0.5, 0.6) is 5.75 Å². The third kappa shape index (κ3) is 2.20. The molecule has 0 spiro atoms. The lowest BCUT2D eigenvalue weighted by Crippen LogP contribution is -2.47. The van der Waals surface area contributed by atoms with Gasteiger partial charge in [0, 0.05) is 5.56 Å². The zero-order chi connectivity index (χ0) is 12.4. The molecular formula is C14H18N2O2. The number of piperidine rings is 1. The fourth-order valence-corrected chi connectivity index (χ4v) is 2.63. The first-order chi connectivity index (χ1) is 8.84. The van der Waals surface area contributed by atoms with Crippen LogP contribution < -0.4 is 15.4 Å². The molecule has 18 heavy (non-hydrogen) atoms. The van der Waals surface area contributed by atoms with E-state index in [1.165, 1.54) is 6.42 Å². The van der Waals surface area contributed by atoms with Gasteiger partial charge in [0.25, 0.3) is 0 Å². The van der Waals surface area contributed by atoms with Gasteiger partial charge in [0.15, 0.2) is 0 Å². The summed E-state index contributed by atoms with van der Waals surface area (Å²) in [6, 6.07) is 7.85. The second-order valence-corrected chi connectivity index (χ2v) is 4.91. The molecule has 2 aliphatic rings. The van der Waals surface area contributed by atoms with E-state index in [-0.39, 0.29) is 18.0 Å². The molecule has 2 unspecified atom stereocenters. The highest BCUT2D eigenvalue weighted by atomic mass is 16.5. The summed E-state index contributed by atoms with van der Waals surface area (Å²) in [4.78, 5) is 12.1.